The molecule has 0 aliphatic carbocycles. The topological polar surface area (TPSA) is 58.5 Å². The van der Waals surface area contributed by atoms with Crippen molar-refractivity contribution >= 4 is 5.95 Å². The summed E-state index contributed by atoms with van der Waals surface area (Å²) in [6.07, 6.45) is 3.69. The Morgan fingerprint density at radius 2 is 2.29 bits per heavy atom. The zero-order chi connectivity index (χ0) is 12.5. The number of hydrogen-bond donors (Lipinski definition) is 1. The van der Waals surface area contributed by atoms with Gasteiger partial charge in [-0.25, -0.2) is 4.98 Å². The molecule has 2 rings (SSSR count). The van der Waals surface area contributed by atoms with E-state index in [0.717, 1.165) is 19.4 Å². The monoisotopic (exact) mass is 237 g/mol. The Labute approximate surface area is 101 Å². The lowest BCUT2D eigenvalue weighted by Crippen LogP contribution is -2.46. The van der Waals surface area contributed by atoms with Gasteiger partial charge in [-0.1, -0.05) is 0 Å². The van der Waals surface area contributed by atoms with Crippen LogP contribution in [0.1, 0.15) is 26.7 Å². The maximum absolute atomic E-state index is 10.1. The van der Waals surface area contributed by atoms with Crippen LogP contribution >= 0.6 is 0 Å². The van der Waals surface area contributed by atoms with Crippen molar-refractivity contribution in [1.82, 2.24) is 9.97 Å². The van der Waals surface area contributed by atoms with Gasteiger partial charge in [-0.2, -0.15) is 4.98 Å². The van der Waals surface area contributed by atoms with Gasteiger partial charge in [0.1, 0.15) is 0 Å². The largest absolute Gasteiger partial charge is 0.481 e. The van der Waals surface area contributed by atoms with Crippen molar-refractivity contribution in [2.75, 3.05) is 18.6 Å². The normalized spacial score (nSPS) is 20.7. The lowest BCUT2D eigenvalue weighted by molar-refractivity contribution is 0.0530. The third kappa shape index (κ3) is 2.49. The molecule has 1 fully saturated rings. The molecule has 5 nitrogen and oxygen atoms in total. The van der Waals surface area contributed by atoms with E-state index in [1.165, 1.54) is 0 Å². The first-order valence-electron chi connectivity index (χ1n) is 5.88. The van der Waals surface area contributed by atoms with Crippen molar-refractivity contribution in [2.45, 2.75) is 38.3 Å². The van der Waals surface area contributed by atoms with Crippen molar-refractivity contribution in [3.63, 3.8) is 0 Å². The van der Waals surface area contributed by atoms with E-state index in [2.05, 4.69) is 14.9 Å². The van der Waals surface area contributed by atoms with Gasteiger partial charge in [0, 0.05) is 18.8 Å². The van der Waals surface area contributed by atoms with E-state index in [1.807, 2.05) is 13.8 Å². The maximum Gasteiger partial charge on any atom is 0.228 e. The molecular weight excluding hydrogens is 218 g/mol. The van der Waals surface area contributed by atoms with E-state index in [9.17, 15) is 5.11 Å². The van der Waals surface area contributed by atoms with Crippen LogP contribution < -0.4 is 9.64 Å². The Morgan fingerprint density at radius 1 is 1.53 bits per heavy atom. The number of rotatable bonds is 3. The number of aromatic nitrogens is 2. The summed E-state index contributed by atoms with van der Waals surface area (Å²) >= 11 is 0. The molecule has 0 saturated carbocycles. The number of anilines is 1. The Kier molecular flexibility index (Phi) is 3.19. The van der Waals surface area contributed by atoms with Crippen LogP contribution in [0.25, 0.3) is 0 Å². The zero-order valence-electron chi connectivity index (χ0n) is 10.6. The summed E-state index contributed by atoms with van der Waals surface area (Å²) in [5, 5.41) is 10.1. The van der Waals surface area contributed by atoms with Crippen molar-refractivity contribution in [3.05, 3.63) is 12.3 Å². The standard InChI is InChI=1S/C12H19N3O2/c1-12(2,16)9-5-4-8-15(9)11-13-7-6-10(14-11)17-3/h6-7,9,16H,4-5,8H2,1-3H3/t9-/m0/s1. The van der Waals surface area contributed by atoms with Gasteiger partial charge in [0.15, 0.2) is 0 Å². The molecule has 0 radical (unpaired) electrons. The molecule has 1 N–H and O–H groups in total. The van der Waals surface area contributed by atoms with Crippen LogP contribution in [0, 0.1) is 0 Å². The van der Waals surface area contributed by atoms with Crippen LogP contribution in [-0.2, 0) is 0 Å². The average molecular weight is 237 g/mol. The van der Waals surface area contributed by atoms with Crippen LogP contribution in [0.15, 0.2) is 12.3 Å². The van der Waals surface area contributed by atoms with Crippen LogP contribution in [0.2, 0.25) is 0 Å². The highest BCUT2D eigenvalue weighted by Crippen LogP contribution is 2.30. The number of nitrogens with zero attached hydrogens (tertiary/aromatic N) is 3. The highest BCUT2D eigenvalue weighted by Gasteiger charge is 2.37. The predicted octanol–water partition coefficient (Wildman–Crippen LogP) is 1.22. The van der Waals surface area contributed by atoms with Gasteiger partial charge in [-0.15, -0.1) is 0 Å². The highest BCUT2D eigenvalue weighted by molar-refractivity contribution is 5.36. The molecule has 94 valence electrons. The van der Waals surface area contributed by atoms with E-state index in [4.69, 9.17) is 4.74 Å². The molecule has 5 heteroatoms. The third-order valence-corrected chi connectivity index (χ3v) is 3.15. The molecule has 1 aromatic rings. The number of ether oxygens (including phenoxy) is 1. The lowest BCUT2D eigenvalue weighted by atomic mass is 9.97. The van der Waals surface area contributed by atoms with Crippen LogP contribution in [0.4, 0.5) is 5.95 Å². The Balaban J connectivity index is 2.26. The van der Waals surface area contributed by atoms with E-state index in [0.29, 0.717) is 11.8 Å². The first-order valence-corrected chi connectivity index (χ1v) is 5.88. The molecule has 1 aliphatic heterocycles. The summed E-state index contributed by atoms with van der Waals surface area (Å²) in [7, 11) is 1.59. The van der Waals surface area contributed by atoms with Gasteiger partial charge in [0.2, 0.25) is 11.8 Å². The lowest BCUT2D eigenvalue weighted by Gasteiger charge is -2.33. The van der Waals surface area contributed by atoms with Gasteiger partial charge in [0.25, 0.3) is 0 Å². The summed E-state index contributed by atoms with van der Waals surface area (Å²) in [5.41, 5.74) is -0.747. The molecule has 0 aromatic carbocycles. The SMILES string of the molecule is COc1ccnc(N2CCC[C@H]2C(C)(C)O)n1. The van der Waals surface area contributed by atoms with Crippen molar-refractivity contribution in [1.29, 1.82) is 0 Å². The van der Waals surface area contributed by atoms with E-state index in [1.54, 1.807) is 19.4 Å². The molecule has 2 heterocycles. The quantitative estimate of drug-likeness (QED) is 0.856. The maximum atomic E-state index is 10.1. The molecule has 1 aliphatic rings. The number of hydrogen-bond acceptors (Lipinski definition) is 5. The number of aliphatic hydroxyl groups is 1. The van der Waals surface area contributed by atoms with E-state index < -0.39 is 5.60 Å². The minimum atomic E-state index is -0.747. The first-order chi connectivity index (χ1) is 8.02. The first kappa shape index (κ1) is 12.1. The van der Waals surface area contributed by atoms with Crippen molar-refractivity contribution in [2.24, 2.45) is 0 Å². The minimum Gasteiger partial charge on any atom is -0.481 e. The van der Waals surface area contributed by atoms with Gasteiger partial charge >= 0.3 is 0 Å². The fourth-order valence-electron chi connectivity index (χ4n) is 2.33. The van der Waals surface area contributed by atoms with Gasteiger partial charge in [-0.3, -0.25) is 0 Å². The van der Waals surface area contributed by atoms with E-state index in [-0.39, 0.29) is 6.04 Å². The molecule has 1 aromatic heterocycles. The van der Waals surface area contributed by atoms with E-state index >= 15 is 0 Å². The summed E-state index contributed by atoms with van der Waals surface area (Å²) in [4.78, 5) is 10.6. The number of methoxy groups -OCH3 is 1. The summed E-state index contributed by atoms with van der Waals surface area (Å²) < 4.78 is 5.09. The Hall–Kier alpha value is -1.36. The van der Waals surface area contributed by atoms with Gasteiger partial charge < -0.3 is 14.7 Å². The van der Waals surface area contributed by atoms with Gasteiger partial charge in [-0.05, 0) is 26.7 Å². The molecule has 0 spiro atoms. The highest BCUT2D eigenvalue weighted by atomic mass is 16.5. The fraction of sp³-hybridized carbons (Fsp3) is 0.667. The third-order valence-electron chi connectivity index (χ3n) is 3.15. The molecular formula is C12H19N3O2. The summed E-state index contributed by atoms with van der Waals surface area (Å²) in [6.45, 7) is 4.54. The summed E-state index contributed by atoms with van der Waals surface area (Å²) in [5.74, 6) is 1.19. The van der Waals surface area contributed by atoms with Crippen molar-refractivity contribution < 1.29 is 9.84 Å². The Bertz CT molecular complexity index is 390. The Morgan fingerprint density at radius 3 is 2.94 bits per heavy atom. The molecule has 0 unspecified atom stereocenters. The van der Waals surface area contributed by atoms with Crippen LogP contribution in [0.3, 0.4) is 0 Å². The zero-order valence-corrected chi connectivity index (χ0v) is 10.6. The minimum absolute atomic E-state index is 0.0645. The molecule has 1 atom stereocenters. The smallest absolute Gasteiger partial charge is 0.228 e. The fourth-order valence-corrected chi connectivity index (χ4v) is 2.33. The molecule has 17 heavy (non-hydrogen) atoms. The average Bonchev–Trinajstić information content (AvgIpc) is 2.77. The second-order valence-corrected chi connectivity index (χ2v) is 4.90. The molecule has 0 amide bonds. The predicted molar refractivity (Wildman–Crippen MR) is 65.2 cm³/mol. The van der Waals surface area contributed by atoms with Crippen LogP contribution in [-0.4, -0.2) is 40.4 Å². The second-order valence-electron chi connectivity index (χ2n) is 4.90. The van der Waals surface area contributed by atoms with Crippen molar-refractivity contribution in [3.8, 4) is 5.88 Å². The molecule has 1 saturated heterocycles. The van der Waals surface area contributed by atoms with Crippen LogP contribution in [0.5, 0.6) is 5.88 Å². The second kappa shape index (κ2) is 4.49. The summed E-state index contributed by atoms with van der Waals surface area (Å²) in [6, 6.07) is 1.79. The van der Waals surface area contributed by atoms with Gasteiger partial charge in [0.05, 0.1) is 18.8 Å². The molecule has 0 bridgehead atoms.